The van der Waals surface area contributed by atoms with Gasteiger partial charge in [0.15, 0.2) is 0 Å². The number of nitrogens with zero attached hydrogens (tertiary/aromatic N) is 4. The van der Waals surface area contributed by atoms with E-state index in [0.29, 0.717) is 13.1 Å². The zero-order valence-electron chi connectivity index (χ0n) is 6.77. The molecule has 0 saturated heterocycles. The minimum atomic E-state index is 0.179. The molecule has 0 aliphatic carbocycles. The molecule has 0 saturated carbocycles. The normalized spacial score (nSPS) is 9.73. The lowest BCUT2D eigenvalue weighted by atomic mass is 10.4. The van der Waals surface area contributed by atoms with E-state index in [4.69, 9.17) is 10.6 Å². The Morgan fingerprint density at radius 1 is 1.55 bits per heavy atom. The average molecular weight is 158 g/mol. The van der Waals surface area contributed by atoms with Gasteiger partial charge in [-0.2, -0.15) is 0 Å². The van der Waals surface area contributed by atoms with Gasteiger partial charge >= 0.3 is 0 Å². The molecule has 0 heterocycles. The van der Waals surface area contributed by atoms with E-state index in [1.807, 2.05) is 11.9 Å². The van der Waals surface area contributed by atoms with Crippen LogP contribution in [0.3, 0.4) is 0 Å². The smallest absolute Gasteiger partial charge is 0.0558 e. The molecule has 0 aromatic carbocycles. The maximum Gasteiger partial charge on any atom is 0.0558 e. The molecule has 0 unspecified atom stereocenters. The van der Waals surface area contributed by atoms with Crippen LogP contribution in [0.4, 0.5) is 0 Å². The van der Waals surface area contributed by atoms with Gasteiger partial charge in [0, 0.05) is 18.0 Å². The van der Waals surface area contributed by atoms with Crippen LogP contribution in [0.1, 0.15) is 6.42 Å². The molecule has 0 radical (unpaired) electrons. The highest BCUT2D eigenvalue weighted by atomic mass is 16.3. The maximum atomic E-state index is 8.52. The summed E-state index contributed by atoms with van der Waals surface area (Å²) in [5.41, 5.74) is 7.94. The van der Waals surface area contributed by atoms with Crippen LogP contribution in [-0.2, 0) is 0 Å². The Hall–Kier alpha value is -0.770. The Balaban J connectivity index is 3.16. The van der Waals surface area contributed by atoms with Crippen LogP contribution in [0, 0.1) is 0 Å². The standard InChI is InChI=1S/C6H14N4O/c1-10(5-6-11)4-2-3-8-9-7/h11H,2-6H2,1H3. The van der Waals surface area contributed by atoms with Crippen molar-refractivity contribution >= 4 is 0 Å². The van der Waals surface area contributed by atoms with E-state index in [-0.39, 0.29) is 6.61 Å². The Kier molecular flexibility index (Phi) is 6.82. The summed E-state index contributed by atoms with van der Waals surface area (Å²) >= 11 is 0. The third-order valence-electron chi connectivity index (χ3n) is 1.34. The fourth-order valence-corrected chi connectivity index (χ4v) is 0.739. The SMILES string of the molecule is CN(CCO)CCCN=[N+]=[N-]. The molecular weight excluding hydrogens is 144 g/mol. The lowest BCUT2D eigenvalue weighted by Crippen LogP contribution is -2.23. The van der Waals surface area contributed by atoms with Crippen molar-refractivity contribution in [3.05, 3.63) is 10.4 Å². The first-order valence-corrected chi connectivity index (χ1v) is 3.61. The maximum absolute atomic E-state index is 8.52. The second-order valence-electron chi connectivity index (χ2n) is 2.33. The van der Waals surface area contributed by atoms with Crippen LogP contribution in [-0.4, -0.2) is 43.3 Å². The van der Waals surface area contributed by atoms with Crippen LogP contribution < -0.4 is 0 Å². The molecule has 0 bridgehead atoms. The molecule has 0 aliphatic rings. The predicted molar refractivity (Wildman–Crippen MR) is 43.2 cm³/mol. The van der Waals surface area contributed by atoms with Crippen molar-refractivity contribution < 1.29 is 5.11 Å². The fourth-order valence-electron chi connectivity index (χ4n) is 0.739. The third-order valence-corrected chi connectivity index (χ3v) is 1.34. The van der Waals surface area contributed by atoms with E-state index in [0.717, 1.165) is 13.0 Å². The van der Waals surface area contributed by atoms with Crippen molar-refractivity contribution in [1.29, 1.82) is 0 Å². The van der Waals surface area contributed by atoms with E-state index in [1.54, 1.807) is 0 Å². The fraction of sp³-hybridized carbons (Fsp3) is 1.00. The molecule has 0 aliphatic heterocycles. The number of azide groups is 1. The largest absolute Gasteiger partial charge is 0.395 e. The van der Waals surface area contributed by atoms with Gasteiger partial charge in [0.05, 0.1) is 6.61 Å². The summed E-state index contributed by atoms with van der Waals surface area (Å²) in [7, 11) is 1.92. The summed E-state index contributed by atoms with van der Waals surface area (Å²) in [5, 5.41) is 11.9. The van der Waals surface area contributed by atoms with Crippen LogP contribution in [0.2, 0.25) is 0 Å². The lowest BCUT2D eigenvalue weighted by molar-refractivity contribution is 0.221. The van der Waals surface area contributed by atoms with E-state index in [9.17, 15) is 0 Å². The summed E-state index contributed by atoms with van der Waals surface area (Å²) in [6.45, 7) is 2.25. The summed E-state index contributed by atoms with van der Waals surface area (Å²) < 4.78 is 0. The summed E-state index contributed by atoms with van der Waals surface area (Å²) in [4.78, 5) is 4.63. The van der Waals surface area contributed by atoms with Crippen LogP contribution in [0.25, 0.3) is 10.4 Å². The van der Waals surface area contributed by atoms with Gasteiger partial charge in [-0.1, -0.05) is 5.11 Å². The molecule has 5 nitrogen and oxygen atoms in total. The predicted octanol–water partition coefficient (Wildman–Crippen LogP) is 0.611. The zero-order valence-corrected chi connectivity index (χ0v) is 6.77. The average Bonchev–Trinajstić information content (AvgIpc) is 1.99. The van der Waals surface area contributed by atoms with E-state index < -0.39 is 0 Å². The lowest BCUT2D eigenvalue weighted by Gasteiger charge is -2.13. The molecule has 11 heavy (non-hydrogen) atoms. The quantitative estimate of drug-likeness (QED) is 0.266. The molecule has 0 fully saturated rings. The molecule has 0 aromatic heterocycles. The van der Waals surface area contributed by atoms with Crippen molar-refractivity contribution in [2.24, 2.45) is 5.11 Å². The van der Waals surface area contributed by atoms with E-state index >= 15 is 0 Å². The highest BCUT2D eigenvalue weighted by Crippen LogP contribution is 1.87. The van der Waals surface area contributed by atoms with E-state index in [2.05, 4.69) is 10.0 Å². The van der Waals surface area contributed by atoms with Gasteiger partial charge in [0.2, 0.25) is 0 Å². The van der Waals surface area contributed by atoms with Gasteiger partial charge in [-0.15, -0.1) is 0 Å². The van der Waals surface area contributed by atoms with Crippen molar-refractivity contribution in [2.75, 3.05) is 33.3 Å². The Bertz CT molecular complexity index is 133. The molecule has 0 spiro atoms. The van der Waals surface area contributed by atoms with Crippen molar-refractivity contribution in [1.82, 2.24) is 4.90 Å². The number of rotatable bonds is 6. The third kappa shape index (κ3) is 7.12. The topological polar surface area (TPSA) is 72.2 Å². The summed E-state index contributed by atoms with van der Waals surface area (Å²) in [6, 6.07) is 0. The van der Waals surface area contributed by atoms with Gasteiger partial charge in [-0.3, -0.25) is 0 Å². The first-order chi connectivity index (χ1) is 5.31. The first kappa shape index (κ1) is 10.2. The molecule has 0 amide bonds. The Morgan fingerprint density at radius 2 is 2.27 bits per heavy atom. The van der Waals surface area contributed by atoms with Gasteiger partial charge in [-0.25, -0.2) is 0 Å². The number of hydrogen-bond donors (Lipinski definition) is 1. The highest BCUT2D eigenvalue weighted by Gasteiger charge is 1.94. The Morgan fingerprint density at radius 3 is 2.82 bits per heavy atom. The van der Waals surface area contributed by atoms with Gasteiger partial charge in [0.1, 0.15) is 0 Å². The minimum Gasteiger partial charge on any atom is -0.395 e. The summed E-state index contributed by atoms with van der Waals surface area (Å²) in [5.74, 6) is 0. The monoisotopic (exact) mass is 158 g/mol. The molecule has 0 atom stereocenters. The molecule has 0 aromatic rings. The number of aliphatic hydroxyl groups excluding tert-OH is 1. The van der Waals surface area contributed by atoms with E-state index in [1.165, 1.54) is 0 Å². The number of likely N-dealkylation sites (N-methyl/N-ethyl adjacent to an activating group) is 1. The van der Waals surface area contributed by atoms with Crippen LogP contribution >= 0.6 is 0 Å². The molecule has 1 N–H and O–H groups in total. The van der Waals surface area contributed by atoms with Gasteiger partial charge in [-0.05, 0) is 25.5 Å². The molecule has 5 heteroatoms. The minimum absolute atomic E-state index is 0.179. The molecule has 0 rings (SSSR count). The van der Waals surface area contributed by atoms with Gasteiger partial charge in [0.25, 0.3) is 0 Å². The second kappa shape index (κ2) is 7.34. The molecular formula is C6H14N4O. The van der Waals surface area contributed by atoms with Gasteiger partial charge < -0.3 is 10.0 Å². The number of aliphatic hydroxyl groups is 1. The van der Waals surface area contributed by atoms with Crippen molar-refractivity contribution in [3.63, 3.8) is 0 Å². The Labute approximate surface area is 66.3 Å². The van der Waals surface area contributed by atoms with Crippen molar-refractivity contribution in [3.8, 4) is 0 Å². The van der Waals surface area contributed by atoms with Crippen LogP contribution in [0.15, 0.2) is 5.11 Å². The molecule has 64 valence electrons. The van der Waals surface area contributed by atoms with Crippen molar-refractivity contribution in [2.45, 2.75) is 6.42 Å². The summed E-state index contributed by atoms with van der Waals surface area (Å²) in [6.07, 6.45) is 0.848. The number of hydrogen-bond acceptors (Lipinski definition) is 3. The zero-order chi connectivity index (χ0) is 8.53. The highest BCUT2D eigenvalue weighted by molar-refractivity contribution is 4.53. The van der Waals surface area contributed by atoms with Crippen LogP contribution in [0.5, 0.6) is 0 Å². The second-order valence-corrected chi connectivity index (χ2v) is 2.33. The first-order valence-electron chi connectivity index (χ1n) is 3.61.